The lowest BCUT2D eigenvalue weighted by Crippen LogP contribution is -2.21. The van der Waals surface area contributed by atoms with E-state index in [0.717, 1.165) is 0 Å². The van der Waals surface area contributed by atoms with Crippen molar-refractivity contribution < 1.29 is 4.74 Å². The van der Waals surface area contributed by atoms with Gasteiger partial charge in [0.25, 0.3) is 0 Å². The molecule has 0 bridgehead atoms. The van der Waals surface area contributed by atoms with Crippen LogP contribution in [0.4, 0.5) is 0 Å². The summed E-state index contributed by atoms with van der Waals surface area (Å²) >= 11 is 0. The predicted molar refractivity (Wildman–Crippen MR) is 46.2 cm³/mol. The van der Waals surface area contributed by atoms with Crippen LogP contribution in [0.25, 0.3) is 0 Å². The number of ether oxygens (including phenoxy) is 1. The van der Waals surface area contributed by atoms with E-state index >= 15 is 0 Å². The first-order valence-corrected chi connectivity index (χ1v) is 3.88. The van der Waals surface area contributed by atoms with Crippen LogP contribution >= 0.6 is 0 Å². The van der Waals surface area contributed by atoms with Gasteiger partial charge in [-0.05, 0) is 6.08 Å². The predicted octanol–water partition coefficient (Wildman–Crippen LogP) is 1.31. The third-order valence-electron chi connectivity index (χ3n) is 1.99. The minimum Gasteiger partial charge on any atom is -0.388 e. The summed E-state index contributed by atoms with van der Waals surface area (Å²) in [5, 5.41) is 3.10. The zero-order chi connectivity index (χ0) is 8.27. The molecule has 2 atom stereocenters. The topological polar surface area (TPSA) is 21.3 Å². The van der Waals surface area contributed by atoms with E-state index in [9.17, 15) is 0 Å². The Balaban J connectivity index is 2.63. The summed E-state index contributed by atoms with van der Waals surface area (Å²) in [6.07, 6.45) is 6.55. The van der Waals surface area contributed by atoms with Gasteiger partial charge in [-0.25, -0.2) is 0 Å². The zero-order valence-electron chi connectivity index (χ0n) is 7.29. The fraction of sp³-hybridized carbons (Fsp3) is 0.556. The summed E-state index contributed by atoms with van der Waals surface area (Å²) in [4.78, 5) is 0. The van der Waals surface area contributed by atoms with Gasteiger partial charge in [-0.2, -0.15) is 0 Å². The highest BCUT2D eigenvalue weighted by molar-refractivity contribution is 5.24. The standard InChI is InChI=1S/C9H15NO/c1-7-6-8(10-2)4-5-9(7)11-3/h4-7,9-10H,1-3H3. The zero-order valence-corrected chi connectivity index (χ0v) is 7.29. The maximum atomic E-state index is 5.24. The van der Waals surface area contributed by atoms with E-state index < -0.39 is 0 Å². The van der Waals surface area contributed by atoms with Crippen molar-refractivity contribution in [3.8, 4) is 0 Å². The number of allylic oxidation sites excluding steroid dienone is 1. The Labute approximate surface area is 67.9 Å². The molecule has 0 aromatic carbocycles. The van der Waals surface area contributed by atoms with Gasteiger partial charge in [0.1, 0.15) is 0 Å². The average Bonchev–Trinajstić information content (AvgIpc) is 2.04. The summed E-state index contributed by atoms with van der Waals surface area (Å²) in [5.41, 5.74) is 1.17. The Hall–Kier alpha value is -0.760. The second-order valence-corrected chi connectivity index (χ2v) is 2.79. The molecule has 1 aliphatic rings. The first-order chi connectivity index (χ1) is 5.27. The molecular weight excluding hydrogens is 138 g/mol. The lowest BCUT2D eigenvalue weighted by molar-refractivity contribution is 0.111. The molecule has 0 heterocycles. The van der Waals surface area contributed by atoms with Gasteiger partial charge in [-0.15, -0.1) is 0 Å². The number of hydrogen-bond donors (Lipinski definition) is 1. The molecule has 2 heteroatoms. The average molecular weight is 153 g/mol. The molecule has 0 saturated carbocycles. The largest absolute Gasteiger partial charge is 0.388 e. The summed E-state index contributed by atoms with van der Waals surface area (Å²) in [6.45, 7) is 2.15. The first kappa shape index (κ1) is 8.34. The van der Waals surface area contributed by atoms with Gasteiger partial charge < -0.3 is 10.1 Å². The fourth-order valence-corrected chi connectivity index (χ4v) is 1.27. The fourth-order valence-electron chi connectivity index (χ4n) is 1.27. The van der Waals surface area contributed by atoms with Gasteiger partial charge in [-0.3, -0.25) is 0 Å². The molecule has 0 aliphatic heterocycles. The molecule has 2 nitrogen and oxygen atoms in total. The van der Waals surface area contributed by atoms with Crippen LogP contribution in [0.3, 0.4) is 0 Å². The molecule has 0 aromatic heterocycles. The van der Waals surface area contributed by atoms with Crippen LogP contribution in [0.15, 0.2) is 23.9 Å². The van der Waals surface area contributed by atoms with Gasteiger partial charge in [0.15, 0.2) is 0 Å². The van der Waals surface area contributed by atoms with Crippen LogP contribution in [0.2, 0.25) is 0 Å². The van der Waals surface area contributed by atoms with E-state index in [4.69, 9.17) is 4.74 Å². The van der Waals surface area contributed by atoms with E-state index in [2.05, 4.69) is 24.4 Å². The van der Waals surface area contributed by atoms with Crippen molar-refractivity contribution in [2.45, 2.75) is 13.0 Å². The van der Waals surface area contributed by atoms with Crippen LogP contribution in [0.5, 0.6) is 0 Å². The van der Waals surface area contributed by atoms with Crippen molar-refractivity contribution in [3.63, 3.8) is 0 Å². The second-order valence-electron chi connectivity index (χ2n) is 2.79. The Morgan fingerprint density at radius 3 is 2.73 bits per heavy atom. The first-order valence-electron chi connectivity index (χ1n) is 3.88. The number of likely N-dealkylation sites (N-methyl/N-ethyl adjacent to an activating group) is 1. The van der Waals surface area contributed by atoms with Crippen molar-refractivity contribution in [2.24, 2.45) is 5.92 Å². The molecule has 0 radical (unpaired) electrons. The van der Waals surface area contributed by atoms with Crippen LogP contribution < -0.4 is 5.32 Å². The molecule has 0 fully saturated rings. The van der Waals surface area contributed by atoms with Gasteiger partial charge in [0.2, 0.25) is 0 Å². The minimum absolute atomic E-state index is 0.243. The van der Waals surface area contributed by atoms with Gasteiger partial charge in [0.05, 0.1) is 6.10 Å². The molecule has 0 aromatic rings. The summed E-state index contributed by atoms with van der Waals surface area (Å²) in [5.74, 6) is 0.465. The van der Waals surface area contributed by atoms with Gasteiger partial charge in [-0.1, -0.05) is 19.1 Å². The third-order valence-corrected chi connectivity index (χ3v) is 1.99. The minimum atomic E-state index is 0.243. The summed E-state index contributed by atoms with van der Waals surface area (Å²) in [7, 11) is 3.67. The quantitative estimate of drug-likeness (QED) is 0.646. The molecule has 2 unspecified atom stereocenters. The monoisotopic (exact) mass is 153 g/mol. The van der Waals surface area contributed by atoms with Crippen molar-refractivity contribution in [1.29, 1.82) is 0 Å². The van der Waals surface area contributed by atoms with Crippen molar-refractivity contribution in [2.75, 3.05) is 14.2 Å². The van der Waals surface area contributed by atoms with Crippen molar-refractivity contribution >= 4 is 0 Å². The molecule has 1 aliphatic carbocycles. The number of nitrogens with one attached hydrogen (secondary N) is 1. The van der Waals surface area contributed by atoms with Crippen molar-refractivity contribution in [3.05, 3.63) is 23.9 Å². The Kier molecular flexibility index (Phi) is 2.71. The van der Waals surface area contributed by atoms with E-state index in [-0.39, 0.29) is 6.10 Å². The van der Waals surface area contributed by atoms with Gasteiger partial charge >= 0.3 is 0 Å². The smallest absolute Gasteiger partial charge is 0.0816 e. The lowest BCUT2D eigenvalue weighted by atomic mass is 9.98. The maximum absolute atomic E-state index is 5.24. The Morgan fingerprint density at radius 2 is 2.27 bits per heavy atom. The number of rotatable bonds is 2. The highest BCUT2D eigenvalue weighted by atomic mass is 16.5. The Bertz CT molecular complexity index is 184. The van der Waals surface area contributed by atoms with Crippen LogP contribution in [-0.4, -0.2) is 20.3 Å². The van der Waals surface area contributed by atoms with Gasteiger partial charge in [0, 0.05) is 25.8 Å². The van der Waals surface area contributed by atoms with E-state index in [1.807, 2.05) is 13.1 Å². The molecule has 1 N–H and O–H groups in total. The van der Waals surface area contributed by atoms with Crippen LogP contribution in [0.1, 0.15) is 6.92 Å². The van der Waals surface area contributed by atoms with E-state index in [1.54, 1.807) is 7.11 Å². The molecule has 0 amide bonds. The molecule has 1 rings (SSSR count). The number of methoxy groups -OCH3 is 1. The number of hydrogen-bond acceptors (Lipinski definition) is 2. The summed E-state index contributed by atoms with van der Waals surface area (Å²) in [6, 6.07) is 0. The highest BCUT2D eigenvalue weighted by Gasteiger charge is 2.14. The molecule has 0 spiro atoms. The summed E-state index contributed by atoms with van der Waals surface area (Å²) < 4.78 is 5.24. The molecule has 62 valence electrons. The van der Waals surface area contributed by atoms with E-state index in [1.165, 1.54) is 5.70 Å². The van der Waals surface area contributed by atoms with E-state index in [0.29, 0.717) is 5.92 Å². The third kappa shape index (κ3) is 1.84. The second kappa shape index (κ2) is 3.58. The molecule has 11 heavy (non-hydrogen) atoms. The molecule has 0 saturated heterocycles. The lowest BCUT2D eigenvalue weighted by Gasteiger charge is -2.21. The highest BCUT2D eigenvalue weighted by Crippen LogP contribution is 2.16. The maximum Gasteiger partial charge on any atom is 0.0816 e. The normalized spacial score (nSPS) is 29.9. The van der Waals surface area contributed by atoms with Crippen molar-refractivity contribution in [1.82, 2.24) is 5.32 Å². The Morgan fingerprint density at radius 1 is 1.55 bits per heavy atom. The SMILES string of the molecule is CNC1=CC(C)C(OC)C=C1. The van der Waals surface area contributed by atoms with Crippen LogP contribution in [-0.2, 0) is 4.74 Å². The van der Waals surface area contributed by atoms with Crippen LogP contribution in [0, 0.1) is 5.92 Å². The molecular formula is C9H15NO.